The SMILES string of the molecule is CCCC1C(=O)NC(=O)C(=CC2C=CC=C(c3ccc(O)cc3O)C2=O)C1=O. The second-order valence-electron chi connectivity index (χ2n) is 6.66. The number of allylic oxidation sites excluding steroid dienone is 5. The molecule has 1 aliphatic carbocycles. The molecule has 7 nitrogen and oxygen atoms in total. The molecule has 0 radical (unpaired) electrons. The molecule has 3 N–H and O–H groups in total. The molecule has 3 rings (SSSR count). The van der Waals surface area contributed by atoms with Crippen molar-refractivity contribution in [3.05, 3.63) is 53.6 Å². The summed E-state index contributed by atoms with van der Waals surface area (Å²) in [7, 11) is 0. The number of piperidine rings is 1. The minimum Gasteiger partial charge on any atom is -0.508 e. The first kappa shape index (κ1) is 19.3. The maximum atomic E-state index is 12.9. The fraction of sp³-hybridized carbons (Fsp3) is 0.238. The Kier molecular flexibility index (Phi) is 5.26. The Hall–Kier alpha value is -3.48. The summed E-state index contributed by atoms with van der Waals surface area (Å²) in [5, 5.41) is 21.6. The van der Waals surface area contributed by atoms with Gasteiger partial charge in [0.25, 0.3) is 5.91 Å². The number of carbonyl (C=O) groups excluding carboxylic acids is 4. The predicted molar refractivity (Wildman–Crippen MR) is 100 cm³/mol. The van der Waals surface area contributed by atoms with E-state index in [0.717, 1.165) is 6.07 Å². The third-order valence-corrected chi connectivity index (χ3v) is 4.72. The van der Waals surface area contributed by atoms with E-state index in [2.05, 4.69) is 5.32 Å². The van der Waals surface area contributed by atoms with E-state index in [9.17, 15) is 29.4 Å². The van der Waals surface area contributed by atoms with Crippen molar-refractivity contribution in [3.63, 3.8) is 0 Å². The van der Waals surface area contributed by atoms with Crippen molar-refractivity contribution in [1.82, 2.24) is 5.32 Å². The number of hydrogen-bond acceptors (Lipinski definition) is 6. The van der Waals surface area contributed by atoms with E-state index < -0.39 is 35.2 Å². The van der Waals surface area contributed by atoms with E-state index in [4.69, 9.17) is 0 Å². The van der Waals surface area contributed by atoms with Gasteiger partial charge in [-0.25, -0.2) is 0 Å². The third-order valence-electron chi connectivity index (χ3n) is 4.72. The Morgan fingerprint density at radius 1 is 1.11 bits per heavy atom. The van der Waals surface area contributed by atoms with Crippen molar-refractivity contribution < 1.29 is 29.4 Å². The van der Waals surface area contributed by atoms with Crippen molar-refractivity contribution in [3.8, 4) is 11.5 Å². The van der Waals surface area contributed by atoms with Crippen molar-refractivity contribution in [1.29, 1.82) is 0 Å². The summed E-state index contributed by atoms with van der Waals surface area (Å²) in [6.07, 6.45) is 6.80. The van der Waals surface area contributed by atoms with Gasteiger partial charge < -0.3 is 10.2 Å². The highest BCUT2D eigenvalue weighted by Gasteiger charge is 2.38. The third kappa shape index (κ3) is 3.51. The molecule has 2 amide bonds. The number of benzene rings is 1. The van der Waals surface area contributed by atoms with Crippen LogP contribution in [0, 0.1) is 11.8 Å². The number of aromatic hydroxyl groups is 2. The number of amides is 2. The maximum Gasteiger partial charge on any atom is 0.261 e. The van der Waals surface area contributed by atoms with E-state index in [1.807, 2.05) is 6.92 Å². The maximum absolute atomic E-state index is 12.9. The number of phenols is 2. The van der Waals surface area contributed by atoms with Crippen LogP contribution in [0.25, 0.3) is 5.57 Å². The van der Waals surface area contributed by atoms with Crippen LogP contribution in [0.5, 0.6) is 11.5 Å². The lowest BCUT2D eigenvalue weighted by atomic mass is 9.83. The van der Waals surface area contributed by atoms with E-state index in [-0.39, 0.29) is 28.2 Å². The molecule has 1 aromatic rings. The zero-order chi connectivity index (χ0) is 20.4. The molecule has 0 bridgehead atoms. The Labute approximate surface area is 161 Å². The second kappa shape index (κ2) is 7.64. The van der Waals surface area contributed by atoms with Crippen LogP contribution in [0.2, 0.25) is 0 Å². The molecule has 0 aromatic heterocycles. The van der Waals surface area contributed by atoms with E-state index in [1.165, 1.54) is 30.4 Å². The van der Waals surface area contributed by atoms with E-state index >= 15 is 0 Å². The second-order valence-corrected chi connectivity index (χ2v) is 6.66. The van der Waals surface area contributed by atoms with Gasteiger partial charge in [0.2, 0.25) is 5.91 Å². The summed E-state index contributed by atoms with van der Waals surface area (Å²) in [6.45, 7) is 1.83. The largest absolute Gasteiger partial charge is 0.508 e. The molecule has 2 unspecified atom stereocenters. The molecular weight excluding hydrogens is 362 g/mol. The highest BCUT2D eigenvalue weighted by molar-refractivity contribution is 6.32. The molecule has 2 atom stereocenters. The van der Waals surface area contributed by atoms with Crippen molar-refractivity contribution in [2.45, 2.75) is 19.8 Å². The first-order valence-corrected chi connectivity index (χ1v) is 8.89. The molecule has 1 aromatic carbocycles. The summed E-state index contributed by atoms with van der Waals surface area (Å²) in [5.74, 6) is -4.67. The Morgan fingerprint density at radius 2 is 1.86 bits per heavy atom. The van der Waals surface area contributed by atoms with Crippen molar-refractivity contribution in [2.75, 3.05) is 0 Å². The number of phenolic OH excluding ortho intramolecular Hbond substituents is 2. The molecule has 144 valence electrons. The highest BCUT2D eigenvalue weighted by Crippen LogP contribution is 2.33. The Balaban J connectivity index is 1.92. The molecule has 0 spiro atoms. The topological polar surface area (TPSA) is 121 Å². The number of hydrogen-bond donors (Lipinski definition) is 3. The fourth-order valence-corrected chi connectivity index (χ4v) is 3.30. The summed E-state index contributed by atoms with van der Waals surface area (Å²) < 4.78 is 0. The summed E-state index contributed by atoms with van der Waals surface area (Å²) >= 11 is 0. The quantitative estimate of drug-likeness (QED) is 0.317. The van der Waals surface area contributed by atoms with Gasteiger partial charge in [-0.2, -0.15) is 0 Å². The van der Waals surface area contributed by atoms with Crippen LogP contribution in [0.1, 0.15) is 25.3 Å². The first-order valence-electron chi connectivity index (χ1n) is 8.89. The normalized spacial score (nSPS) is 23.8. The van der Waals surface area contributed by atoms with Crippen molar-refractivity contribution in [2.24, 2.45) is 11.8 Å². The lowest BCUT2D eigenvalue weighted by molar-refractivity contribution is -0.139. The molecule has 2 aliphatic rings. The van der Waals surface area contributed by atoms with Gasteiger partial charge in [-0.15, -0.1) is 0 Å². The number of rotatable bonds is 4. The van der Waals surface area contributed by atoms with Crippen LogP contribution >= 0.6 is 0 Å². The highest BCUT2D eigenvalue weighted by atomic mass is 16.3. The van der Waals surface area contributed by atoms with Gasteiger partial charge in [0, 0.05) is 17.2 Å². The standard InChI is InChI=1S/C21H19NO6/c1-2-4-15-19(26)16(21(28)22-20(15)27)9-11-5-3-6-14(18(11)25)13-8-7-12(23)10-17(13)24/h3,5-11,15,23-24H,2,4H2,1H3,(H,22,27,28). The van der Waals surface area contributed by atoms with Gasteiger partial charge in [0.05, 0.1) is 11.5 Å². The lowest BCUT2D eigenvalue weighted by Gasteiger charge is -2.23. The summed E-state index contributed by atoms with van der Waals surface area (Å²) in [4.78, 5) is 49.5. The molecule has 1 heterocycles. The Bertz CT molecular complexity index is 969. The zero-order valence-corrected chi connectivity index (χ0v) is 15.1. The average Bonchev–Trinajstić information content (AvgIpc) is 2.64. The monoisotopic (exact) mass is 381 g/mol. The van der Waals surface area contributed by atoms with Crippen LogP contribution < -0.4 is 5.32 Å². The number of ketones is 2. The van der Waals surface area contributed by atoms with Gasteiger partial charge in [0.1, 0.15) is 17.4 Å². The average molecular weight is 381 g/mol. The molecular formula is C21H19NO6. The minimum atomic E-state index is -0.937. The molecule has 1 fully saturated rings. The van der Waals surface area contributed by atoms with E-state index in [0.29, 0.717) is 12.8 Å². The predicted octanol–water partition coefficient (Wildman–Crippen LogP) is 1.80. The van der Waals surface area contributed by atoms with Crippen LogP contribution in [-0.4, -0.2) is 33.6 Å². The van der Waals surface area contributed by atoms with Crippen molar-refractivity contribution >= 4 is 29.0 Å². The van der Waals surface area contributed by atoms with Crippen LogP contribution in [0.15, 0.2) is 48.1 Å². The number of nitrogens with one attached hydrogen (secondary N) is 1. The first-order chi connectivity index (χ1) is 13.3. The van der Waals surface area contributed by atoms with Gasteiger partial charge in [-0.1, -0.05) is 37.6 Å². The molecule has 1 saturated heterocycles. The van der Waals surface area contributed by atoms with Gasteiger partial charge in [0.15, 0.2) is 11.6 Å². The zero-order valence-electron chi connectivity index (χ0n) is 15.1. The smallest absolute Gasteiger partial charge is 0.261 e. The number of carbonyl (C=O) groups is 4. The Morgan fingerprint density at radius 3 is 2.54 bits per heavy atom. The molecule has 1 aliphatic heterocycles. The lowest BCUT2D eigenvalue weighted by Crippen LogP contribution is -2.48. The molecule has 0 saturated carbocycles. The van der Waals surface area contributed by atoms with Gasteiger partial charge in [-0.3, -0.25) is 24.5 Å². The summed E-state index contributed by atoms with van der Waals surface area (Å²) in [6, 6.07) is 3.87. The number of Topliss-reactive ketones (excluding diaryl/α,β-unsaturated/α-hetero) is 2. The van der Waals surface area contributed by atoms with Crippen LogP contribution in [-0.2, 0) is 19.2 Å². The van der Waals surface area contributed by atoms with Gasteiger partial charge in [-0.05, 0) is 18.6 Å². The molecule has 7 heteroatoms. The minimum absolute atomic E-state index is 0.143. The van der Waals surface area contributed by atoms with E-state index in [1.54, 1.807) is 6.08 Å². The van der Waals surface area contributed by atoms with Gasteiger partial charge >= 0.3 is 0 Å². The van der Waals surface area contributed by atoms with Crippen LogP contribution in [0.4, 0.5) is 0 Å². The number of imide groups is 1. The molecule has 28 heavy (non-hydrogen) atoms. The van der Waals surface area contributed by atoms with Crippen LogP contribution in [0.3, 0.4) is 0 Å². The summed E-state index contributed by atoms with van der Waals surface area (Å²) in [5.41, 5.74) is 0.206. The fourth-order valence-electron chi connectivity index (χ4n) is 3.30.